The molecule has 0 fully saturated rings. The fourth-order valence-corrected chi connectivity index (χ4v) is 4.13. The lowest BCUT2D eigenvalue weighted by molar-refractivity contribution is 0.196. The van der Waals surface area contributed by atoms with Crippen LogP contribution in [0.25, 0.3) is 0 Å². The Labute approximate surface area is 175 Å². The number of ether oxygens (including phenoxy) is 2. The van der Waals surface area contributed by atoms with Gasteiger partial charge >= 0.3 is 0 Å². The van der Waals surface area contributed by atoms with Gasteiger partial charge in [0.25, 0.3) is 10.0 Å². The minimum Gasteiger partial charge on any atom is -0.495 e. The third-order valence-electron chi connectivity index (χ3n) is 3.64. The highest BCUT2D eigenvalue weighted by Gasteiger charge is 2.20. The fraction of sp³-hybridized carbons (Fsp3) is 0.278. The average molecular weight is 444 g/mol. The lowest BCUT2D eigenvalue weighted by Gasteiger charge is -2.15. The fourth-order valence-electron chi connectivity index (χ4n) is 2.31. The van der Waals surface area contributed by atoms with Crippen molar-refractivity contribution in [2.45, 2.75) is 11.3 Å². The largest absolute Gasteiger partial charge is 0.495 e. The molecule has 2 aromatic carbocycles. The normalized spacial score (nSPS) is 11.0. The molecule has 0 heterocycles. The standard InChI is InChI=1S/C18H22ClN3O4S2/c1-25-11-5-10-20-18(27)21-13-8-9-14(19)17(12-13)28(23,24)22-15-6-3-4-7-16(15)26-2/h3-4,6-9,12,22H,5,10-11H2,1-2H3,(H2,20,21,27). The van der Waals surface area contributed by atoms with Crippen LogP contribution in [0.2, 0.25) is 5.02 Å². The summed E-state index contributed by atoms with van der Waals surface area (Å²) in [5.41, 5.74) is 0.809. The van der Waals surface area contributed by atoms with Crippen LogP contribution >= 0.6 is 23.8 Å². The predicted octanol–water partition coefficient (Wildman–Crippen LogP) is 3.47. The summed E-state index contributed by atoms with van der Waals surface area (Å²) >= 11 is 11.4. The Hall–Kier alpha value is -2.07. The Morgan fingerprint density at radius 2 is 1.93 bits per heavy atom. The molecule has 0 unspecified atom stereocenters. The van der Waals surface area contributed by atoms with Crippen molar-refractivity contribution in [3.05, 3.63) is 47.5 Å². The van der Waals surface area contributed by atoms with Crippen molar-refractivity contribution >= 4 is 50.3 Å². The first kappa shape index (κ1) is 22.2. The second-order valence-corrected chi connectivity index (χ2v) is 8.14. The van der Waals surface area contributed by atoms with Gasteiger partial charge in [0.15, 0.2) is 5.11 Å². The van der Waals surface area contributed by atoms with E-state index in [-0.39, 0.29) is 9.92 Å². The Balaban J connectivity index is 2.16. The van der Waals surface area contributed by atoms with E-state index >= 15 is 0 Å². The smallest absolute Gasteiger partial charge is 0.263 e. The van der Waals surface area contributed by atoms with Gasteiger partial charge in [-0.25, -0.2) is 8.42 Å². The summed E-state index contributed by atoms with van der Waals surface area (Å²) in [4.78, 5) is -0.0766. The van der Waals surface area contributed by atoms with Crippen LogP contribution in [-0.2, 0) is 14.8 Å². The highest BCUT2D eigenvalue weighted by Crippen LogP contribution is 2.30. The highest BCUT2D eigenvalue weighted by molar-refractivity contribution is 7.92. The van der Waals surface area contributed by atoms with Gasteiger partial charge in [-0.05, 0) is 49.0 Å². The van der Waals surface area contributed by atoms with E-state index in [4.69, 9.17) is 33.3 Å². The molecular formula is C18H22ClN3O4S2. The van der Waals surface area contributed by atoms with Gasteiger partial charge in [-0.1, -0.05) is 23.7 Å². The first-order valence-corrected chi connectivity index (χ1v) is 10.6. The van der Waals surface area contributed by atoms with E-state index in [1.165, 1.54) is 19.2 Å². The number of para-hydroxylation sites is 2. The maximum absolute atomic E-state index is 12.8. The predicted molar refractivity (Wildman–Crippen MR) is 116 cm³/mol. The number of nitrogens with one attached hydrogen (secondary N) is 3. The molecule has 3 N–H and O–H groups in total. The van der Waals surface area contributed by atoms with Gasteiger partial charge in [0.05, 0.1) is 17.8 Å². The first-order valence-electron chi connectivity index (χ1n) is 8.36. The van der Waals surface area contributed by atoms with Gasteiger partial charge in [0.1, 0.15) is 10.6 Å². The third kappa shape index (κ3) is 6.23. The second kappa shape index (κ2) is 10.5. The minimum absolute atomic E-state index is 0.0766. The summed E-state index contributed by atoms with van der Waals surface area (Å²) in [6.45, 7) is 1.25. The monoisotopic (exact) mass is 443 g/mol. The molecule has 28 heavy (non-hydrogen) atoms. The maximum atomic E-state index is 12.8. The molecule has 2 aromatic rings. The molecule has 0 saturated carbocycles. The van der Waals surface area contributed by atoms with Gasteiger partial charge in [-0.2, -0.15) is 0 Å². The summed E-state index contributed by atoms with van der Waals surface area (Å²) in [5.74, 6) is 0.401. The average Bonchev–Trinajstić information content (AvgIpc) is 2.67. The molecule has 0 aliphatic rings. The van der Waals surface area contributed by atoms with E-state index in [0.717, 1.165) is 6.42 Å². The van der Waals surface area contributed by atoms with Gasteiger partial charge in [0.2, 0.25) is 0 Å². The van der Waals surface area contributed by atoms with Crippen LogP contribution in [0.5, 0.6) is 5.75 Å². The number of hydrogen-bond donors (Lipinski definition) is 3. The number of methoxy groups -OCH3 is 2. The van der Waals surface area contributed by atoms with Crippen molar-refractivity contribution in [2.75, 3.05) is 37.4 Å². The van der Waals surface area contributed by atoms with Crippen LogP contribution in [0.3, 0.4) is 0 Å². The lowest BCUT2D eigenvalue weighted by Crippen LogP contribution is -2.29. The molecular weight excluding hydrogens is 422 g/mol. The quantitative estimate of drug-likeness (QED) is 0.404. The zero-order valence-electron chi connectivity index (χ0n) is 15.5. The molecule has 0 saturated heterocycles. The van der Waals surface area contributed by atoms with Gasteiger partial charge < -0.3 is 20.1 Å². The van der Waals surface area contributed by atoms with Crippen LogP contribution < -0.4 is 20.1 Å². The highest BCUT2D eigenvalue weighted by atomic mass is 35.5. The van der Waals surface area contributed by atoms with Crippen molar-refractivity contribution in [3.8, 4) is 5.75 Å². The summed E-state index contributed by atoms with van der Waals surface area (Å²) in [7, 11) is -0.848. The van der Waals surface area contributed by atoms with Crippen molar-refractivity contribution < 1.29 is 17.9 Å². The number of sulfonamides is 1. The summed E-state index contributed by atoms with van der Waals surface area (Å²) < 4.78 is 38.3. The Kier molecular flexibility index (Phi) is 8.31. The molecule has 0 aliphatic heterocycles. The van der Waals surface area contributed by atoms with Crippen LogP contribution in [-0.4, -0.2) is 40.9 Å². The van der Waals surface area contributed by atoms with Crippen LogP contribution in [0, 0.1) is 0 Å². The van der Waals surface area contributed by atoms with Crippen molar-refractivity contribution in [1.29, 1.82) is 0 Å². The number of anilines is 2. The number of benzene rings is 2. The molecule has 10 heteroatoms. The van der Waals surface area contributed by atoms with Gasteiger partial charge in [-0.3, -0.25) is 4.72 Å². The molecule has 0 bridgehead atoms. The molecule has 2 rings (SSSR count). The van der Waals surface area contributed by atoms with Crippen molar-refractivity contribution in [2.24, 2.45) is 0 Å². The second-order valence-electron chi connectivity index (χ2n) is 5.68. The van der Waals surface area contributed by atoms with E-state index in [1.54, 1.807) is 37.4 Å². The van der Waals surface area contributed by atoms with Crippen molar-refractivity contribution in [3.63, 3.8) is 0 Å². The Morgan fingerprint density at radius 1 is 1.18 bits per heavy atom. The summed E-state index contributed by atoms with van der Waals surface area (Å²) in [5, 5.41) is 6.43. The van der Waals surface area contributed by atoms with E-state index < -0.39 is 10.0 Å². The van der Waals surface area contributed by atoms with Gasteiger partial charge in [0, 0.05) is 25.9 Å². The van der Waals surface area contributed by atoms with Crippen LogP contribution in [0.15, 0.2) is 47.4 Å². The molecule has 0 amide bonds. The van der Waals surface area contributed by atoms with Crippen molar-refractivity contribution in [1.82, 2.24) is 5.32 Å². The SMILES string of the molecule is COCCCNC(=S)Nc1ccc(Cl)c(S(=O)(=O)Nc2ccccc2OC)c1. The van der Waals surface area contributed by atoms with Gasteiger partial charge in [-0.15, -0.1) is 0 Å². The number of rotatable bonds is 9. The van der Waals surface area contributed by atoms with E-state index in [2.05, 4.69) is 15.4 Å². The molecule has 0 atom stereocenters. The van der Waals surface area contributed by atoms with Crippen LogP contribution in [0.4, 0.5) is 11.4 Å². The molecule has 0 aliphatic carbocycles. The van der Waals surface area contributed by atoms with E-state index in [1.807, 2.05) is 0 Å². The molecule has 152 valence electrons. The molecule has 0 spiro atoms. The third-order valence-corrected chi connectivity index (χ3v) is 5.73. The zero-order chi connectivity index (χ0) is 20.6. The van der Waals surface area contributed by atoms with E-state index in [9.17, 15) is 8.42 Å². The molecule has 0 aromatic heterocycles. The Morgan fingerprint density at radius 3 is 2.64 bits per heavy atom. The first-order chi connectivity index (χ1) is 13.4. The lowest BCUT2D eigenvalue weighted by atomic mass is 10.3. The maximum Gasteiger partial charge on any atom is 0.263 e. The molecule has 0 radical (unpaired) electrons. The number of hydrogen-bond acceptors (Lipinski definition) is 5. The summed E-state index contributed by atoms with van der Waals surface area (Å²) in [6.07, 6.45) is 0.793. The topological polar surface area (TPSA) is 88.7 Å². The van der Waals surface area contributed by atoms with Crippen LogP contribution in [0.1, 0.15) is 6.42 Å². The minimum atomic E-state index is -3.94. The number of halogens is 1. The number of thiocarbonyl (C=S) groups is 1. The Bertz CT molecular complexity index is 923. The summed E-state index contributed by atoms with van der Waals surface area (Å²) in [6, 6.07) is 11.3. The zero-order valence-corrected chi connectivity index (χ0v) is 17.9. The molecule has 7 nitrogen and oxygen atoms in total. The van der Waals surface area contributed by atoms with E-state index in [0.29, 0.717) is 35.4 Å².